The van der Waals surface area contributed by atoms with E-state index in [4.69, 9.17) is 0 Å². The third-order valence-electron chi connectivity index (χ3n) is 3.76. The zero-order valence-electron chi connectivity index (χ0n) is 10.2. The first kappa shape index (κ1) is 12.0. The monoisotopic (exact) mass is 259 g/mol. The van der Waals surface area contributed by atoms with Gasteiger partial charge >= 0.3 is 0 Å². The Kier molecular flexibility index (Phi) is 2.71. The number of hydrogen-bond acceptors (Lipinski definition) is 4. The molecule has 5 heteroatoms. The van der Waals surface area contributed by atoms with Crippen LogP contribution in [0, 0.1) is 0 Å². The van der Waals surface area contributed by atoms with Crippen LogP contribution in [0.15, 0.2) is 24.3 Å². The molecular formula is C14H13NO4. The lowest BCUT2D eigenvalue weighted by atomic mass is 9.90. The maximum absolute atomic E-state index is 12.2. The van der Waals surface area contributed by atoms with Gasteiger partial charge in [-0.2, -0.15) is 0 Å². The molecule has 19 heavy (non-hydrogen) atoms. The molecule has 2 amide bonds. The Hall–Kier alpha value is -2.01. The van der Waals surface area contributed by atoms with Gasteiger partial charge in [0, 0.05) is 12.8 Å². The first-order chi connectivity index (χ1) is 9.09. The standard InChI is InChI=1S/C14H13NO4/c16-8-5-6-11(12(17)7-8)15-13(18)9-3-1-2-4-10(9)14(15)19/h1-4,11-12,17H,5-7H2. The van der Waals surface area contributed by atoms with Crippen molar-refractivity contribution in [1.29, 1.82) is 0 Å². The number of benzene rings is 1. The summed E-state index contributed by atoms with van der Waals surface area (Å²) < 4.78 is 0. The molecule has 5 nitrogen and oxygen atoms in total. The number of rotatable bonds is 1. The molecule has 1 aromatic carbocycles. The van der Waals surface area contributed by atoms with Crippen molar-refractivity contribution in [3.05, 3.63) is 35.4 Å². The summed E-state index contributed by atoms with van der Waals surface area (Å²) in [6.45, 7) is 0. The van der Waals surface area contributed by atoms with Crippen LogP contribution >= 0.6 is 0 Å². The Morgan fingerprint density at radius 2 is 1.63 bits per heavy atom. The number of aliphatic hydroxyl groups excluding tert-OH is 1. The molecule has 1 saturated carbocycles. The topological polar surface area (TPSA) is 74.7 Å². The number of aliphatic hydroxyl groups is 1. The lowest BCUT2D eigenvalue weighted by molar-refractivity contribution is -0.124. The van der Waals surface area contributed by atoms with Crippen molar-refractivity contribution < 1.29 is 19.5 Å². The maximum atomic E-state index is 12.2. The van der Waals surface area contributed by atoms with Crippen molar-refractivity contribution in [3.63, 3.8) is 0 Å². The summed E-state index contributed by atoms with van der Waals surface area (Å²) in [4.78, 5) is 36.9. The predicted molar refractivity (Wildman–Crippen MR) is 65.6 cm³/mol. The Balaban J connectivity index is 1.94. The van der Waals surface area contributed by atoms with Crippen LogP contribution in [0.2, 0.25) is 0 Å². The summed E-state index contributed by atoms with van der Waals surface area (Å²) in [5, 5.41) is 9.95. The molecule has 2 aliphatic rings. The predicted octanol–water partition coefficient (Wildman–Crippen LogP) is 0.765. The van der Waals surface area contributed by atoms with E-state index in [1.807, 2.05) is 0 Å². The van der Waals surface area contributed by atoms with Gasteiger partial charge in [0.1, 0.15) is 5.78 Å². The lowest BCUT2D eigenvalue weighted by Gasteiger charge is -2.33. The van der Waals surface area contributed by atoms with Crippen molar-refractivity contribution >= 4 is 17.6 Å². The van der Waals surface area contributed by atoms with Gasteiger partial charge in [0.25, 0.3) is 11.8 Å². The summed E-state index contributed by atoms with van der Waals surface area (Å²) in [5.74, 6) is -0.779. The Morgan fingerprint density at radius 3 is 2.16 bits per heavy atom. The number of ketones is 1. The van der Waals surface area contributed by atoms with Crippen LogP contribution in [0.4, 0.5) is 0 Å². The average Bonchev–Trinajstić information content (AvgIpc) is 2.64. The number of fused-ring (bicyclic) bond motifs is 1. The largest absolute Gasteiger partial charge is 0.391 e. The van der Waals surface area contributed by atoms with Gasteiger partial charge in [-0.05, 0) is 18.6 Å². The molecule has 2 unspecified atom stereocenters. The van der Waals surface area contributed by atoms with Crippen molar-refractivity contribution in [1.82, 2.24) is 4.90 Å². The maximum Gasteiger partial charge on any atom is 0.261 e. The minimum absolute atomic E-state index is 0.0120. The molecule has 98 valence electrons. The van der Waals surface area contributed by atoms with Crippen LogP contribution < -0.4 is 0 Å². The van der Waals surface area contributed by atoms with Crippen LogP contribution in [0.25, 0.3) is 0 Å². The van der Waals surface area contributed by atoms with Gasteiger partial charge in [-0.15, -0.1) is 0 Å². The molecule has 0 saturated heterocycles. The first-order valence-electron chi connectivity index (χ1n) is 6.26. The van der Waals surface area contributed by atoms with Crippen LogP contribution in [-0.4, -0.2) is 39.7 Å². The van der Waals surface area contributed by atoms with E-state index in [0.29, 0.717) is 24.0 Å². The molecule has 1 fully saturated rings. The SMILES string of the molecule is O=C1CCC(N2C(=O)c3ccccc3C2=O)C(O)C1. The molecule has 2 atom stereocenters. The number of hydrogen-bond donors (Lipinski definition) is 1. The zero-order valence-corrected chi connectivity index (χ0v) is 10.2. The second-order valence-corrected chi connectivity index (χ2v) is 4.94. The molecule has 1 aliphatic heterocycles. The fraction of sp³-hybridized carbons (Fsp3) is 0.357. The van der Waals surface area contributed by atoms with Crippen molar-refractivity contribution in [2.45, 2.75) is 31.4 Å². The number of amides is 2. The van der Waals surface area contributed by atoms with E-state index in [1.54, 1.807) is 24.3 Å². The molecular weight excluding hydrogens is 246 g/mol. The third-order valence-corrected chi connectivity index (χ3v) is 3.76. The minimum atomic E-state index is -0.955. The summed E-state index contributed by atoms with van der Waals surface area (Å²) in [6.07, 6.45) is -0.304. The normalized spacial score (nSPS) is 26.8. The quantitative estimate of drug-likeness (QED) is 0.756. The van der Waals surface area contributed by atoms with E-state index in [1.165, 1.54) is 0 Å². The number of Topliss-reactive ketones (excluding diaryl/α,β-unsaturated/α-hetero) is 1. The average molecular weight is 259 g/mol. The van der Waals surface area contributed by atoms with Crippen LogP contribution in [0.5, 0.6) is 0 Å². The molecule has 1 N–H and O–H groups in total. The van der Waals surface area contributed by atoms with Crippen LogP contribution in [0.1, 0.15) is 40.0 Å². The minimum Gasteiger partial charge on any atom is -0.391 e. The summed E-state index contributed by atoms with van der Waals surface area (Å²) >= 11 is 0. The summed E-state index contributed by atoms with van der Waals surface area (Å²) in [6, 6.07) is 6.03. The second-order valence-electron chi connectivity index (χ2n) is 4.94. The highest BCUT2D eigenvalue weighted by atomic mass is 16.3. The Morgan fingerprint density at radius 1 is 1.05 bits per heavy atom. The van der Waals surface area contributed by atoms with Gasteiger partial charge in [-0.3, -0.25) is 19.3 Å². The van der Waals surface area contributed by atoms with Gasteiger partial charge in [-0.25, -0.2) is 0 Å². The van der Waals surface area contributed by atoms with Gasteiger partial charge in [0.05, 0.1) is 23.3 Å². The van der Waals surface area contributed by atoms with Gasteiger partial charge in [0.15, 0.2) is 0 Å². The van der Waals surface area contributed by atoms with E-state index in [0.717, 1.165) is 4.90 Å². The highest BCUT2D eigenvalue weighted by Gasteiger charge is 2.43. The molecule has 0 bridgehead atoms. The van der Waals surface area contributed by atoms with Gasteiger partial charge < -0.3 is 5.11 Å². The van der Waals surface area contributed by atoms with Gasteiger partial charge in [0.2, 0.25) is 0 Å². The molecule has 3 rings (SSSR count). The number of nitrogens with zero attached hydrogens (tertiary/aromatic N) is 1. The molecule has 1 heterocycles. The van der Waals surface area contributed by atoms with E-state index in [-0.39, 0.29) is 24.0 Å². The summed E-state index contributed by atoms with van der Waals surface area (Å²) in [7, 11) is 0. The van der Waals surface area contributed by atoms with E-state index in [2.05, 4.69) is 0 Å². The van der Waals surface area contributed by atoms with Crippen molar-refractivity contribution in [2.75, 3.05) is 0 Å². The number of carbonyl (C=O) groups excluding carboxylic acids is 3. The van der Waals surface area contributed by atoms with E-state index < -0.39 is 12.1 Å². The zero-order chi connectivity index (χ0) is 13.6. The van der Waals surface area contributed by atoms with Crippen molar-refractivity contribution in [3.8, 4) is 0 Å². The summed E-state index contributed by atoms with van der Waals surface area (Å²) in [5.41, 5.74) is 0.744. The van der Waals surface area contributed by atoms with Crippen LogP contribution in [-0.2, 0) is 4.79 Å². The number of imide groups is 1. The fourth-order valence-electron chi connectivity index (χ4n) is 2.78. The fourth-order valence-corrected chi connectivity index (χ4v) is 2.78. The number of carbonyl (C=O) groups is 3. The molecule has 1 aromatic rings. The van der Waals surface area contributed by atoms with Gasteiger partial charge in [-0.1, -0.05) is 12.1 Å². The first-order valence-corrected chi connectivity index (χ1v) is 6.26. The highest BCUT2D eigenvalue weighted by molar-refractivity contribution is 6.21. The third kappa shape index (κ3) is 1.77. The van der Waals surface area contributed by atoms with E-state index in [9.17, 15) is 19.5 Å². The van der Waals surface area contributed by atoms with Crippen LogP contribution in [0.3, 0.4) is 0 Å². The molecule has 1 aliphatic carbocycles. The Bertz CT molecular complexity index is 546. The molecule has 0 spiro atoms. The highest BCUT2D eigenvalue weighted by Crippen LogP contribution is 2.30. The van der Waals surface area contributed by atoms with E-state index >= 15 is 0 Å². The molecule has 0 radical (unpaired) electrons. The van der Waals surface area contributed by atoms with Crippen molar-refractivity contribution in [2.24, 2.45) is 0 Å². The second kappa shape index (κ2) is 4.28. The lowest BCUT2D eigenvalue weighted by Crippen LogP contribution is -2.49. The smallest absolute Gasteiger partial charge is 0.261 e. The molecule has 0 aromatic heterocycles. The Labute approximate surface area is 109 Å².